The molecule has 0 aliphatic carbocycles. The van der Waals surface area contributed by atoms with Crippen LogP contribution in [0.3, 0.4) is 0 Å². The molecule has 0 bridgehead atoms. The van der Waals surface area contributed by atoms with Crippen LogP contribution in [0.1, 0.15) is 24.2 Å². The third kappa shape index (κ3) is 3.93. The molecule has 3 heteroatoms. The molecule has 1 unspecified atom stereocenters. The van der Waals surface area contributed by atoms with Gasteiger partial charge in [-0.2, -0.15) is 0 Å². The molecule has 0 heterocycles. The van der Waals surface area contributed by atoms with Crippen LogP contribution >= 0.6 is 0 Å². The van der Waals surface area contributed by atoms with Gasteiger partial charge in [-0.05, 0) is 18.1 Å². The Bertz CT molecular complexity index is 522. The predicted octanol–water partition coefficient (Wildman–Crippen LogP) is 3.51. The van der Waals surface area contributed by atoms with Crippen molar-refractivity contribution in [3.8, 4) is 0 Å². The van der Waals surface area contributed by atoms with Gasteiger partial charge in [-0.15, -0.1) is 0 Å². The molecule has 2 rings (SSSR count). The van der Waals surface area contributed by atoms with E-state index >= 15 is 0 Å². The summed E-state index contributed by atoms with van der Waals surface area (Å²) in [6.07, 6.45) is -0.684. The van der Waals surface area contributed by atoms with Crippen LogP contribution < -0.4 is 0 Å². The molecule has 0 aromatic heterocycles. The smallest absolute Gasteiger partial charge is 0.339 e. The van der Waals surface area contributed by atoms with Gasteiger partial charge in [0.05, 0.1) is 13.2 Å². The van der Waals surface area contributed by atoms with Gasteiger partial charge in [0.25, 0.3) is 0 Å². The number of hydrogen-bond acceptors (Lipinski definition) is 3. The van der Waals surface area contributed by atoms with Crippen molar-refractivity contribution in [2.45, 2.75) is 19.6 Å². The third-order valence-corrected chi connectivity index (χ3v) is 2.86. The Morgan fingerprint density at radius 2 is 1.60 bits per heavy atom. The number of rotatable bonds is 6. The van der Waals surface area contributed by atoms with Gasteiger partial charge in [-0.1, -0.05) is 60.7 Å². The molecule has 0 aliphatic heterocycles. The first-order chi connectivity index (χ1) is 9.81. The number of carbonyl (C=O) groups excluding carboxylic acids is 1. The van der Waals surface area contributed by atoms with E-state index in [1.165, 1.54) is 0 Å². The molecule has 3 nitrogen and oxygen atoms in total. The number of carbonyl (C=O) groups is 1. The van der Waals surface area contributed by atoms with Crippen molar-refractivity contribution in [1.29, 1.82) is 0 Å². The largest absolute Gasteiger partial charge is 0.464 e. The molecular weight excluding hydrogens is 252 g/mol. The van der Waals surface area contributed by atoms with Gasteiger partial charge in [0, 0.05) is 0 Å². The van der Waals surface area contributed by atoms with Gasteiger partial charge in [0.1, 0.15) is 0 Å². The van der Waals surface area contributed by atoms with Gasteiger partial charge >= 0.3 is 5.97 Å². The van der Waals surface area contributed by atoms with E-state index < -0.39 is 6.10 Å². The second-order valence-corrected chi connectivity index (χ2v) is 4.34. The van der Waals surface area contributed by atoms with Crippen molar-refractivity contribution in [2.24, 2.45) is 0 Å². The van der Waals surface area contributed by atoms with Crippen molar-refractivity contribution < 1.29 is 14.3 Å². The molecule has 0 saturated heterocycles. The molecule has 104 valence electrons. The van der Waals surface area contributed by atoms with Crippen LogP contribution in [0.25, 0.3) is 0 Å². The Morgan fingerprint density at radius 1 is 1.00 bits per heavy atom. The average molecular weight is 270 g/mol. The Balaban J connectivity index is 2.09. The molecule has 0 aliphatic rings. The fraction of sp³-hybridized carbons (Fsp3) is 0.235. The Hall–Kier alpha value is -2.13. The van der Waals surface area contributed by atoms with Crippen molar-refractivity contribution >= 4 is 5.97 Å². The second kappa shape index (κ2) is 7.46. The Morgan fingerprint density at radius 3 is 2.20 bits per heavy atom. The molecule has 0 fully saturated rings. The maximum Gasteiger partial charge on any atom is 0.339 e. The number of hydrogen-bond donors (Lipinski definition) is 0. The lowest BCUT2D eigenvalue weighted by Crippen LogP contribution is -2.19. The number of benzene rings is 2. The van der Waals surface area contributed by atoms with Gasteiger partial charge in [-0.3, -0.25) is 0 Å². The molecular formula is C17H18O3. The SMILES string of the molecule is CCOC(=O)C(OCc1ccccc1)c1ccccc1. The fourth-order valence-corrected chi connectivity index (χ4v) is 1.90. The van der Waals surface area contributed by atoms with E-state index in [1.54, 1.807) is 6.92 Å². The zero-order valence-electron chi connectivity index (χ0n) is 11.5. The van der Waals surface area contributed by atoms with Crippen LogP contribution in [0.5, 0.6) is 0 Å². The standard InChI is InChI=1S/C17H18O3/c1-2-19-17(18)16(15-11-7-4-8-12-15)20-13-14-9-5-3-6-10-14/h3-12,16H,2,13H2,1H3. The number of esters is 1. The van der Waals surface area contributed by atoms with Gasteiger partial charge in [0.2, 0.25) is 0 Å². The molecule has 0 amide bonds. The fourth-order valence-electron chi connectivity index (χ4n) is 1.90. The highest BCUT2D eigenvalue weighted by atomic mass is 16.6. The minimum atomic E-state index is -0.684. The minimum Gasteiger partial charge on any atom is -0.464 e. The maximum atomic E-state index is 12.0. The lowest BCUT2D eigenvalue weighted by Gasteiger charge is -2.17. The first-order valence-electron chi connectivity index (χ1n) is 6.68. The van der Waals surface area contributed by atoms with Crippen molar-refractivity contribution in [2.75, 3.05) is 6.61 Å². The van der Waals surface area contributed by atoms with E-state index in [2.05, 4.69) is 0 Å². The third-order valence-electron chi connectivity index (χ3n) is 2.86. The van der Waals surface area contributed by atoms with Crippen LogP contribution in [-0.2, 0) is 20.9 Å². The van der Waals surface area contributed by atoms with Gasteiger partial charge in [-0.25, -0.2) is 4.79 Å². The van der Waals surface area contributed by atoms with E-state index in [0.717, 1.165) is 11.1 Å². The van der Waals surface area contributed by atoms with Crippen LogP contribution in [0.2, 0.25) is 0 Å². The van der Waals surface area contributed by atoms with Crippen molar-refractivity contribution in [3.63, 3.8) is 0 Å². The minimum absolute atomic E-state index is 0.344. The molecule has 0 saturated carbocycles. The summed E-state index contributed by atoms with van der Waals surface area (Å²) >= 11 is 0. The van der Waals surface area contributed by atoms with Crippen LogP contribution in [0, 0.1) is 0 Å². The normalized spacial score (nSPS) is 11.8. The molecule has 2 aromatic carbocycles. The first kappa shape index (κ1) is 14.3. The molecule has 1 atom stereocenters. The molecule has 0 N–H and O–H groups in total. The molecule has 0 spiro atoms. The maximum absolute atomic E-state index is 12.0. The topological polar surface area (TPSA) is 35.5 Å². The summed E-state index contributed by atoms with van der Waals surface area (Å²) in [5.74, 6) is -0.352. The Kier molecular flexibility index (Phi) is 5.33. The highest BCUT2D eigenvalue weighted by Crippen LogP contribution is 2.20. The quantitative estimate of drug-likeness (QED) is 0.753. The highest BCUT2D eigenvalue weighted by molar-refractivity contribution is 5.76. The van der Waals surface area contributed by atoms with E-state index in [1.807, 2.05) is 60.7 Å². The van der Waals surface area contributed by atoms with Crippen molar-refractivity contribution in [3.05, 3.63) is 71.8 Å². The zero-order chi connectivity index (χ0) is 14.2. The molecule has 2 aromatic rings. The summed E-state index contributed by atoms with van der Waals surface area (Å²) in [5, 5.41) is 0. The van der Waals surface area contributed by atoms with Crippen molar-refractivity contribution in [1.82, 2.24) is 0 Å². The summed E-state index contributed by atoms with van der Waals surface area (Å²) < 4.78 is 10.8. The van der Waals surface area contributed by atoms with Gasteiger partial charge in [0.15, 0.2) is 6.10 Å². The average Bonchev–Trinajstić information content (AvgIpc) is 2.50. The summed E-state index contributed by atoms with van der Waals surface area (Å²) in [6, 6.07) is 19.2. The second-order valence-electron chi connectivity index (χ2n) is 4.34. The molecule has 0 radical (unpaired) electrons. The zero-order valence-corrected chi connectivity index (χ0v) is 11.5. The number of ether oxygens (including phenoxy) is 2. The monoisotopic (exact) mass is 270 g/mol. The lowest BCUT2D eigenvalue weighted by atomic mass is 10.1. The molecule has 20 heavy (non-hydrogen) atoms. The highest BCUT2D eigenvalue weighted by Gasteiger charge is 2.22. The summed E-state index contributed by atoms with van der Waals surface area (Å²) in [5.41, 5.74) is 1.83. The van der Waals surface area contributed by atoms with E-state index in [0.29, 0.717) is 13.2 Å². The summed E-state index contributed by atoms with van der Waals surface area (Å²) in [4.78, 5) is 12.0. The Labute approximate surface area is 119 Å². The van der Waals surface area contributed by atoms with Crippen LogP contribution in [-0.4, -0.2) is 12.6 Å². The van der Waals surface area contributed by atoms with Crippen LogP contribution in [0.15, 0.2) is 60.7 Å². The van der Waals surface area contributed by atoms with E-state index in [-0.39, 0.29) is 5.97 Å². The van der Waals surface area contributed by atoms with Gasteiger partial charge < -0.3 is 9.47 Å². The lowest BCUT2D eigenvalue weighted by molar-refractivity contribution is -0.158. The van der Waals surface area contributed by atoms with E-state index in [9.17, 15) is 4.79 Å². The van der Waals surface area contributed by atoms with E-state index in [4.69, 9.17) is 9.47 Å². The summed E-state index contributed by atoms with van der Waals surface area (Å²) in [7, 11) is 0. The predicted molar refractivity (Wildman–Crippen MR) is 77.0 cm³/mol. The first-order valence-corrected chi connectivity index (χ1v) is 6.68. The summed E-state index contributed by atoms with van der Waals surface area (Å²) in [6.45, 7) is 2.51. The van der Waals surface area contributed by atoms with Crippen LogP contribution in [0.4, 0.5) is 0 Å².